The Morgan fingerprint density at radius 1 is 0.870 bits per heavy atom. The second-order valence-electron chi connectivity index (χ2n) is 12.8. The molecule has 17 nitrogen and oxygen atoms in total. The molecule has 0 unspecified atom stereocenters. The first-order valence-electron chi connectivity index (χ1n) is 18.0. The molecule has 1 fully saturated rings. The van der Waals surface area contributed by atoms with E-state index in [-0.39, 0.29) is 32.1 Å². The summed E-state index contributed by atoms with van der Waals surface area (Å²) in [4.78, 5) is 67.0. The van der Waals surface area contributed by atoms with E-state index in [4.69, 9.17) is 14.2 Å². The number of pyridine rings is 1. The van der Waals surface area contributed by atoms with E-state index in [9.17, 15) is 29.4 Å². The molecule has 4 N–H and O–H groups in total. The van der Waals surface area contributed by atoms with Gasteiger partial charge in [0.2, 0.25) is 5.91 Å². The largest absolute Gasteiger partial charge is 0.494 e. The highest BCUT2D eigenvalue weighted by Crippen LogP contribution is 2.33. The smallest absolute Gasteiger partial charge is 0.317 e. The average Bonchev–Trinajstić information content (AvgIpc) is 3.56. The lowest BCUT2D eigenvalue weighted by atomic mass is 10.2. The van der Waals surface area contributed by atoms with E-state index in [1.807, 2.05) is 28.0 Å². The maximum Gasteiger partial charge on any atom is 0.317 e. The van der Waals surface area contributed by atoms with Crippen LogP contribution in [0.15, 0.2) is 35.6 Å². The third-order valence-corrected chi connectivity index (χ3v) is 9.79. The molecule has 18 heteroatoms. The second-order valence-corrected chi connectivity index (χ2v) is 13.8. The van der Waals surface area contributed by atoms with Crippen LogP contribution in [0.5, 0.6) is 17.2 Å². The number of aldehydes is 1. The molecule has 0 atom stereocenters. The number of amides is 1. The fourth-order valence-corrected chi connectivity index (χ4v) is 6.84. The Balaban J connectivity index is 1.18. The molecule has 3 aromatic rings. The minimum absolute atomic E-state index is 0.123. The first-order chi connectivity index (χ1) is 26.2. The predicted octanol–water partition coefficient (Wildman–Crippen LogP) is 1.52. The van der Waals surface area contributed by atoms with Crippen LogP contribution < -0.4 is 19.5 Å². The van der Waals surface area contributed by atoms with E-state index in [2.05, 4.69) is 20.3 Å². The Morgan fingerprint density at radius 3 is 2.13 bits per heavy atom. The van der Waals surface area contributed by atoms with E-state index in [1.54, 1.807) is 36.3 Å². The van der Waals surface area contributed by atoms with Crippen LogP contribution >= 0.6 is 11.8 Å². The molecule has 296 valence electrons. The molecule has 4 rings (SSSR count). The second kappa shape index (κ2) is 22.7. The van der Waals surface area contributed by atoms with Gasteiger partial charge < -0.3 is 39.5 Å². The Kier molecular flexibility index (Phi) is 17.7. The van der Waals surface area contributed by atoms with Gasteiger partial charge in [-0.25, -0.2) is 4.98 Å². The number of carbonyl (C=O) groups excluding carboxylic acids is 2. The molecule has 0 bridgehead atoms. The molecule has 1 aliphatic heterocycles. The van der Waals surface area contributed by atoms with Crippen molar-refractivity contribution in [3.63, 3.8) is 0 Å². The Morgan fingerprint density at radius 2 is 1.52 bits per heavy atom. The van der Waals surface area contributed by atoms with Crippen LogP contribution in [0.4, 0.5) is 0 Å². The molecule has 54 heavy (non-hydrogen) atoms. The minimum atomic E-state index is -0.970. The highest BCUT2D eigenvalue weighted by atomic mass is 32.2. The number of nitrogens with one attached hydrogen (secondary N) is 2. The molecule has 0 spiro atoms. The lowest BCUT2D eigenvalue weighted by Gasteiger charge is -2.32. The van der Waals surface area contributed by atoms with E-state index < -0.39 is 11.9 Å². The van der Waals surface area contributed by atoms with Crippen molar-refractivity contribution < 1.29 is 43.6 Å². The molecule has 0 saturated carbocycles. The summed E-state index contributed by atoms with van der Waals surface area (Å²) >= 11 is 1.51. The molecule has 1 aliphatic rings. The summed E-state index contributed by atoms with van der Waals surface area (Å²) in [5, 5.41) is 22.5. The van der Waals surface area contributed by atoms with Crippen LogP contribution in [-0.2, 0) is 24.9 Å². The number of H-pyrrole nitrogens is 1. The Bertz CT molecular complexity index is 1660. The zero-order valence-corrected chi connectivity index (χ0v) is 31.9. The SMILES string of the molecule is COc1ccnc(CSc2nc3ccc(OCCCCCNC(=O)CN4CCN(CC=O)CCN(CC(=O)O)CCN(CC(=O)O)CC4)cc3[nH]2)c1OC. The number of imidazole rings is 1. The maximum absolute atomic E-state index is 12.9. The van der Waals surface area contributed by atoms with Crippen LogP contribution in [0.3, 0.4) is 0 Å². The van der Waals surface area contributed by atoms with Gasteiger partial charge in [0.15, 0.2) is 16.7 Å². The summed E-state index contributed by atoms with van der Waals surface area (Å²) in [5.41, 5.74) is 2.47. The van der Waals surface area contributed by atoms with Gasteiger partial charge in [-0.2, -0.15) is 0 Å². The summed E-state index contributed by atoms with van der Waals surface area (Å²) < 4.78 is 16.8. The van der Waals surface area contributed by atoms with Crippen LogP contribution in [0.2, 0.25) is 0 Å². The molecule has 1 amide bonds. The van der Waals surface area contributed by atoms with Gasteiger partial charge in [0, 0.05) is 83.0 Å². The van der Waals surface area contributed by atoms with Crippen molar-refractivity contribution in [2.75, 3.05) is 106 Å². The molecular formula is C36H52N8O9S. The number of unbranched alkanes of at least 4 members (excludes halogenated alkanes) is 2. The van der Waals surface area contributed by atoms with Gasteiger partial charge in [0.1, 0.15) is 12.0 Å². The summed E-state index contributed by atoms with van der Waals surface area (Å²) in [5.74, 6) is 0.470. The Hall–Kier alpha value is -4.49. The van der Waals surface area contributed by atoms with Gasteiger partial charge >= 0.3 is 11.9 Å². The third-order valence-electron chi connectivity index (χ3n) is 8.90. The highest BCUT2D eigenvalue weighted by Gasteiger charge is 2.20. The minimum Gasteiger partial charge on any atom is -0.494 e. The molecule has 0 aliphatic carbocycles. The van der Waals surface area contributed by atoms with Crippen LogP contribution in [0, 0.1) is 0 Å². The monoisotopic (exact) mass is 772 g/mol. The van der Waals surface area contributed by atoms with Gasteiger partial charge in [0.25, 0.3) is 0 Å². The number of thioether (sulfide) groups is 1. The third kappa shape index (κ3) is 14.4. The van der Waals surface area contributed by atoms with E-state index in [0.29, 0.717) is 82.8 Å². The van der Waals surface area contributed by atoms with Crippen molar-refractivity contribution in [1.29, 1.82) is 0 Å². The van der Waals surface area contributed by atoms with Crippen molar-refractivity contribution in [3.8, 4) is 17.2 Å². The number of hydrogen-bond acceptors (Lipinski definition) is 14. The maximum atomic E-state index is 12.9. The van der Waals surface area contributed by atoms with E-state index in [1.165, 1.54) is 11.8 Å². The predicted molar refractivity (Wildman–Crippen MR) is 202 cm³/mol. The summed E-state index contributed by atoms with van der Waals surface area (Å²) in [6.07, 6.45) is 4.97. The van der Waals surface area contributed by atoms with Crippen molar-refractivity contribution in [2.45, 2.75) is 30.2 Å². The van der Waals surface area contributed by atoms with Crippen molar-refractivity contribution in [3.05, 3.63) is 36.2 Å². The number of hydrogen-bond donors (Lipinski definition) is 4. The number of fused-ring (bicyclic) bond motifs is 1. The highest BCUT2D eigenvalue weighted by molar-refractivity contribution is 7.98. The number of aromatic nitrogens is 3. The van der Waals surface area contributed by atoms with Gasteiger partial charge in [-0.15, -0.1) is 0 Å². The number of aliphatic carboxylic acids is 2. The van der Waals surface area contributed by atoms with Crippen molar-refractivity contribution in [2.24, 2.45) is 0 Å². The topological polar surface area (TPSA) is 203 Å². The fourth-order valence-electron chi connectivity index (χ4n) is 6.02. The molecule has 2 aromatic heterocycles. The first-order valence-corrected chi connectivity index (χ1v) is 19.0. The molecule has 3 heterocycles. The lowest BCUT2D eigenvalue weighted by molar-refractivity contribution is -0.140. The zero-order chi connectivity index (χ0) is 38.7. The van der Waals surface area contributed by atoms with Crippen LogP contribution in [0.1, 0.15) is 25.0 Å². The summed E-state index contributed by atoms with van der Waals surface area (Å²) in [7, 11) is 3.19. The number of ether oxygens (including phenoxy) is 3. The number of rotatable bonds is 20. The van der Waals surface area contributed by atoms with E-state index in [0.717, 1.165) is 53.2 Å². The number of methoxy groups -OCH3 is 2. The van der Waals surface area contributed by atoms with Crippen LogP contribution in [0.25, 0.3) is 11.0 Å². The molecule has 0 radical (unpaired) electrons. The molecular weight excluding hydrogens is 721 g/mol. The summed E-state index contributed by atoms with van der Waals surface area (Å²) in [6, 6.07) is 7.51. The molecule has 1 saturated heterocycles. The number of nitrogens with zero attached hydrogens (tertiary/aromatic N) is 6. The van der Waals surface area contributed by atoms with Crippen molar-refractivity contribution >= 4 is 46.9 Å². The number of aromatic amines is 1. The number of carboxylic acids is 2. The quantitative estimate of drug-likeness (QED) is 0.0731. The fraction of sp³-hybridized carbons (Fsp3) is 0.556. The first kappa shape index (κ1) is 42.3. The average molecular weight is 773 g/mol. The normalized spacial score (nSPS) is 15.6. The number of benzene rings is 1. The number of carbonyl (C=O) groups is 4. The van der Waals surface area contributed by atoms with Gasteiger partial charge in [-0.1, -0.05) is 11.8 Å². The molecule has 1 aromatic carbocycles. The van der Waals surface area contributed by atoms with Gasteiger partial charge in [-0.05, 0) is 31.4 Å². The lowest BCUT2D eigenvalue weighted by Crippen LogP contribution is -2.49. The van der Waals surface area contributed by atoms with Gasteiger partial charge in [0.05, 0.1) is 63.7 Å². The van der Waals surface area contributed by atoms with Crippen molar-refractivity contribution in [1.82, 2.24) is 39.9 Å². The Labute approximate surface area is 319 Å². The van der Waals surface area contributed by atoms with Crippen LogP contribution in [-0.4, -0.2) is 175 Å². The standard InChI is InChI=1S/C36H52N8O9S/c1-51-31-8-10-37-30(35(31)52-2)26-54-36-39-28-7-6-27(22-29(28)40-36)53-21-5-3-4-9-38-32(46)23-42-13-11-41(19-20-45)12-14-43(24-33(47)48)17-18-44(16-15-42)25-34(49)50/h6-8,10,20,22H,3-5,9,11-19,21,23-26H2,1-2H3,(H,38,46)(H,39,40)(H,47,48)(H,49,50). The zero-order valence-electron chi connectivity index (χ0n) is 31.0. The van der Waals surface area contributed by atoms with Gasteiger partial charge in [-0.3, -0.25) is 39.0 Å². The number of carboxylic acid groups (broad SMARTS) is 2. The summed E-state index contributed by atoms with van der Waals surface area (Å²) in [6.45, 7) is 4.56. The van der Waals surface area contributed by atoms with E-state index >= 15 is 0 Å².